The number of aromatic nitrogens is 2. The molecule has 0 saturated carbocycles. The molecule has 0 aliphatic heterocycles. The van der Waals surface area contributed by atoms with Crippen LogP contribution in [-0.2, 0) is 0 Å². The van der Waals surface area contributed by atoms with Gasteiger partial charge in [-0.15, -0.1) is 0 Å². The number of rotatable bonds is 4. The summed E-state index contributed by atoms with van der Waals surface area (Å²) in [6.07, 6.45) is 2.33. The zero-order valence-electron chi connectivity index (χ0n) is 9.92. The molecule has 0 fully saturated rings. The maximum atomic E-state index is 5.96. The van der Waals surface area contributed by atoms with Gasteiger partial charge in [-0.25, -0.2) is 4.68 Å². The summed E-state index contributed by atoms with van der Waals surface area (Å²) in [6, 6.07) is 0.373. The van der Waals surface area contributed by atoms with Crippen molar-refractivity contribution in [2.45, 2.75) is 46.6 Å². The summed E-state index contributed by atoms with van der Waals surface area (Å²) in [5, 5.41) is 4.43. The van der Waals surface area contributed by atoms with Crippen molar-refractivity contribution < 1.29 is 0 Å². The summed E-state index contributed by atoms with van der Waals surface area (Å²) < 4.78 is 2.85. The molecule has 1 rings (SSSR count). The van der Waals surface area contributed by atoms with Crippen molar-refractivity contribution in [3.63, 3.8) is 0 Å². The summed E-state index contributed by atoms with van der Waals surface area (Å²) in [5.41, 5.74) is 6.93. The molecule has 1 heterocycles. The third-order valence-corrected chi connectivity index (χ3v) is 3.61. The van der Waals surface area contributed by atoms with Gasteiger partial charge in [0.1, 0.15) is 5.82 Å². The Hall–Kier alpha value is -0.510. The number of hydrogen-bond acceptors (Lipinski definition) is 2. The second kappa shape index (κ2) is 5.01. The Kier molecular flexibility index (Phi) is 4.20. The molecule has 3 nitrogen and oxygen atoms in total. The highest BCUT2D eigenvalue weighted by Gasteiger charge is 2.14. The minimum Gasteiger partial charge on any atom is -0.383 e. The van der Waals surface area contributed by atoms with E-state index in [9.17, 15) is 0 Å². The topological polar surface area (TPSA) is 43.8 Å². The zero-order chi connectivity index (χ0) is 11.6. The van der Waals surface area contributed by atoms with Crippen molar-refractivity contribution in [2.75, 3.05) is 5.73 Å². The second-order valence-electron chi connectivity index (χ2n) is 4.55. The number of nitrogens with two attached hydrogens (primary N) is 1. The Morgan fingerprint density at radius 1 is 1.33 bits per heavy atom. The molecule has 1 aromatic heterocycles. The van der Waals surface area contributed by atoms with Gasteiger partial charge in [-0.05, 0) is 48.5 Å². The standard InChI is InChI=1S/C11H20BrN3/c1-7(2)5-6-8(3)15-11(13)10(12)9(4)14-15/h7-8H,5-6,13H2,1-4H3. The van der Waals surface area contributed by atoms with Crippen LogP contribution in [0.25, 0.3) is 0 Å². The van der Waals surface area contributed by atoms with E-state index in [1.807, 2.05) is 11.6 Å². The molecule has 2 N–H and O–H groups in total. The SMILES string of the molecule is Cc1nn(C(C)CCC(C)C)c(N)c1Br. The molecular formula is C11H20BrN3. The van der Waals surface area contributed by atoms with Crippen LogP contribution in [0.5, 0.6) is 0 Å². The van der Waals surface area contributed by atoms with E-state index >= 15 is 0 Å². The maximum Gasteiger partial charge on any atom is 0.136 e. The molecule has 0 spiro atoms. The van der Waals surface area contributed by atoms with Gasteiger partial charge in [0, 0.05) is 0 Å². The molecular weight excluding hydrogens is 254 g/mol. The Bertz CT molecular complexity index is 331. The van der Waals surface area contributed by atoms with Crippen molar-refractivity contribution in [3.8, 4) is 0 Å². The van der Waals surface area contributed by atoms with Gasteiger partial charge in [-0.2, -0.15) is 5.10 Å². The number of nitrogens with zero attached hydrogens (tertiary/aromatic N) is 2. The molecule has 15 heavy (non-hydrogen) atoms. The molecule has 86 valence electrons. The molecule has 1 atom stereocenters. The maximum absolute atomic E-state index is 5.96. The van der Waals surface area contributed by atoms with Gasteiger partial charge < -0.3 is 5.73 Å². The number of anilines is 1. The zero-order valence-corrected chi connectivity index (χ0v) is 11.5. The van der Waals surface area contributed by atoms with E-state index in [1.165, 1.54) is 6.42 Å². The summed E-state index contributed by atoms with van der Waals surface area (Å²) in [4.78, 5) is 0. The Labute approximate surface area is 100 Å². The van der Waals surface area contributed by atoms with Gasteiger partial charge in [-0.3, -0.25) is 0 Å². The molecule has 0 aliphatic rings. The van der Waals surface area contributed by atoms with Crippen LogP contribution in [0.15, 0.2) is 4.47 Å². The second-order valence-corrected chi connectivity index (χ2v) is 5.34. The van der Waals surface area contributed by atoms with Crippen molar-refractivity contribution in [1.82, 2.24) is 9.78 Å². The first-order valence-electron chi connectivity index (χ1n) is 5.43. The fraction of sp³-hybridized carbons (Fsp3) is 0.727. The highest BCUT2D eigenvalue weighted by molar-refractivity contribution is 9.10. The van der Waals surface area contributed by atoms with Crippen LogP contribution in [0.3, 0.4) is 0 Å². The smallest absolute Gasteiger partial charge is 0.136 e. The highest BCUT2D eigenvalue weighted by atomic mass is 79.9. The van der Waals surface area contributed by atoms with Crippen LogP contribution in [0, 0.1) is 12.8 Å². The molecule has 0 radical (unpaired) electrons. The van der Waals surface area contributed by atoms with Crippen molar-refractivity contribution in [3.05, 3.63) is 10.2 Å². The Morgan fingerprint density at radius 2 is 1.93 bits per heavy atom. The number of aryl methyl sites for hydroxylation is 1. The Morgan fingerprint density at radius 3 is 2.33 bits per heavy atom. The summed E-state index contributed by atoms with van der Waals surface area (Å²) in [6.45, 7) is 8.60. The van der Waals surface area contributed by atoms with E-state index in [0.717, 1.165) is 28.3 Å². The van der Waals surface area contributed by atoms with Gasteiger partial charge >= 0.3 is 0 Å². The lowest BCUT2D eigenvalue weighted by atomic mass is 10.0. The molecule has 4 heteroatoms. The monoisotopic (exact) mass is 273 g/mol. The lowest BCUT2D eigenvalue weighted by Crippen LogP contribution is -2.11. The molecule has 1 unspecified atom stereocenters. The van der Waals surface area contributed by atoms with Crippen LogP contribution in [0.2, 0.25) is 0 Å². The van der Waals surface area contributed by atoms with E-state index in [-0.39, 0.29) is 0 Å². The van der Waals surface area contributed by atoms with Gasteiger partial charge in [0.15, 0.2) is 0 Å². The summed E-state index contributed by atoms with van der Waals surface area (Å²) in [5.74, 6) is 1.47. The average molecular weight is 274 g/mol. The lowest BCUT2D eigenvalue weighted by Gasteiger charge is -2.15. The predicted molar refractivity (Wildman–Crippen MR) is 67.9 cm³/mol. The highest BCUT2D eigenvalue weighted by Crippen LogP contribution is 2.27. The first kappa shape index (κ1) is 12.6. The van der Waals surface area contributed by atoms with Crippen molar-refractivity contribution in [1.29, 1.82) is 0 Å². The minimum atomic E-state index is 0.373. The molecule has 1 aromatic rings. The summed E-state index contributed by atoms with van der Waals surface area (Å²) in [7, 11) is 0. The molecule has 0 bridgehead atoms. The molecule has 0 saturated heterocycles. The van der Waals surface area contributed by atoms with Crippen LogP contribution in [0.4, 0.5) is 5.82 Å². The van der Waals surface area contributed by atoms with E-state index in [0.29, 0.717) is 6.04 Å². The number of nitrogen functional groups attached to an aromatic ring is 1. The third-order valence-electron chi connectivity index (χ3n) is 2.63. The van der Waals surface area contributed by atoms with Crippen molar-refractivity contribution >= 4 is 21.7 Å². The van der Waals surface area contributed by atoms with E-state index < -0.39 is 0 Å². The molecule has 0 aromatic carbocycles. The van der Waals surface area contributed by atoms with Crippen LogP contribution in [0.1, 0.15) is 45.3 Å². The number of halogens is 1. The first-order valence-corrected chi connectivity index (χ1v) is 6.22. The molecule has 0 amide bonds. The largest absolute Gasteiger partial charge is 0.383 e. The van der Waals surface area contributed by atoms with Gasteiger partial charge in [0.2, 0.25) is 0 Å². The minimum absolute atomic E-state index is 0.373. The van der Waals surface area contributed by atoms with Gasteiger partial charge in [-0.1, -0.05) is 13.8 Å². The molecule has 0 aliphatic carbocycles. The van der Waals surface area contributed by atoms with E-state index in [4.69, 9.17) is 5.73 Å². The number of hydrogen-bond donors (Lipinski definition) is 1. The fourth-order valence-electron chi connectivity index (χ4n) is 1.58. The van der Waals surface area contributed by atoms with E-state index in [1.54, 1.807) is 0 Å². The third kappa shape index (κ3) is 2.97. The quantitative estimate of drug-likeness (QED) is 0.912. The van der Waals surface area contributed by atoms with Crippen LogP contribution >= 0.6 is 15.9 Å². The predicted octanol–water partition coefficient (Wildman–Crippen LogP) is 3.53. The van der Waals surface area contributed by atoms with Gasteiger partial charge in [0.05, 0.1) is 16.2 Å². The van der Waals surface area contributed by atoms with Gasteiger partial charge in [0.25, 0.3) is 0 Å². The van der Waals surface area contributed by atoms with Crippen LogP contribution < -0.4 is 5.73 Å². The van der Waals surface area contributed by atoms with E-state index in [2.05, 4.69) is 41.8 Å². The lowest BCUT2D eigenvalue weighted by molar-refractivity contribution is 0.414. The fourth-order valence-corrected chi connectivity index (χ4v) is 1.84. The Balaban J connectivity index is 2.73. The van der Waals surface area contributed by atoms with Crippen molar-refractivity contribution in [2.24, 2.45) is 5.92 Å². The first-order chi connectivity index (χ1) is 6.93. The van der Waals surface area contributed by atoms with Crippen LogP contribution in [-0.4, -0.2) is 9.78 Å². The summed E-state index contributed by atoms with van der Waals surface area (Å²) >= 11 is 3.44. The normalized spacial score (nSPS) is 13.5. The average Bonchev–Trinajstić information content (AvgIpc) is 2.42.